The van der Waals surface area contributed by atoms with Crippen LogP contribution in [0.2, 0.25) is 5.02 Å². The molecule has 0 radical (unpaired) electrons. The maximum absolute atomic E-state index is 11.9. The van der Waals surface area contributed by atoms with Gasteiger partial charge >= 0.3 is 0 Å². The molecular weight excluding hydrogens is 278 g/mol. The molecule has 2 aromatic rings. The van der Waals surface area contributed by atoms with Crippen LogP contribution in [0.1, 0.15) is 25.1 Å². The third kappa shape index (κ3) is 2.94. The quantitative estimate of drug-likeness (QED) is 0.913. The van der Waals surface area contributed by atoms with Gasteiger partial charge < -0.3 is 15.0 Å². The lowest BCUT2D eigenvalue weighted by Crippen LogP contribution is -2.38. The molecule has 3 rings (SSSR count). The minimum atomic E-state index is -0.317. The van der Waals surface area contributed by atoms with Crippen molar-refractivity contribution in [1.29, 1.82) is 0 Å². The van der Waals surface area contributed by atoms with Crippen molar-refractivity contribution in [3.05, 3.63) is 29.0 Å². The number of benzene rings is 1. The predicted octanol–water partition coefficient (Wildman–Crippen LogP) is 2.40. The number of rotatable bonds is 3. The zero-order valence-electron chi connectivity index (χ0n) is 11.0. The number of hydrogen-bond acceptors (Lipinski definition) is 3. The molecular formula is C14H16ClN3O2. The van der Waals surface area contributed by atoms with Crippen LogP contribution >= 0.6 is 11.6 Å². The van der Waals surface area contributed by atoms with Crippen LogP contribution in [0.3, 0.4) is 0 Å². The van der Waals surface area contributed by atoms with Gasteiger partial charge in [0.2, 0.25) is 5.91 Å². The zero-order chi connectivity index (χ0) is 13.9. The lowest BCUT2D eigenvalue weighted by molar-refractivity contribution is -0.135. The van der Waals surface area contributed by atoms with Gasteiger partial charge in [0.25, 0.3) is 0 Å². The largest absolute Gasteiger partial charge is 0.368 e. The molecule has 1 fully saturated rings. The summed E-state index contributed by atoms with van der Waals surface area (Å²) in [4.78, 5) is 19.5. The Labute approximate surface area is 121 Å². The van der Waals surface area contributed by atoms with Gasteiger partial charge in [-0.3, -0.25) is 4.79 Å². The van der Waals surface area contributed by atoms with Crippen LogP contribution in [0.4, 0.5) is 0 Å². The molecule has 1 aliphatic heterocycles. The lowest BCUT2D eigenvalue weighted by Gasteiger charge is -2.21. The Bertz CT molecular complexity index is 620. The Balaban J connectivity index is 1.63. The number of carbonyl (C=O) groups excluding carboxylic acids is 1. The second kappa shape index (κ2) is 5.81. The molecule has 5 nitrogen and oxygen atoms in total. The first-order valence-electron chi connectivity index (χ1n) is 6.76. The normalized spacial score (nSPS) is 19.1. The molecule has 0 bridgehead atoms. The molecule has 2 heterocycles. The molecule has 0 spiro atoms. The van der Waals surface area contributed by atoms with Crippen molar-refractivity contribution in [1.82, 2.24) is 15.3 Å². The Morgan fingerprint density at radius 2 is 2.40 bits per heavy atom. The van der Waals surface area contributed by atoms with Crippen LogP contribution in [0.5, 0.6) is 0 Å². The number of hydrogen-bond donors (Lipinski definition) is 2. The molecule has 2 N–H and O–H groups in total. The van der Waals surface area contributed by atoms with Crippen molar-refractivity contribution in [2.24, 2.45) is 0 Å². The number of aromatic amines is 1. The van der Waals surface area contributed by atoms with Crippen LogP contribution in [-0.4, -0.2) is 28.6 Å². The van der Waals surface area contributed by atoms with Crippen LogP contribution < -0.4 is 5.32 Å². The van der Waals surface area contributed by atoms with Gasteiger partial charge in [0.15, 0.2) is 0 Å². The topological polar surface area (TPSA) is 67.0 Å². The summed E-state index contributed by atoms with van der Waals surface area (Å²) in [6, 6.07) is 5.46. The van der Waals surface area contributed by atoms with Crippen LogP contribution in [0.15, 0.2) is 18.2 Å². The van der Waals surface area contributed by atoms with Gasteiger partial charge in [-0.15, -0.1) is 0 Å². The molecule has 1 aromatic carbocycles. The van der Waals surface area contributed by atoms with E-state index in [1.807, 2.05) is 12.1 Å². The van der Waals surface area contributed by atoms with Crippen LogP contribution in [-0.2, 0) is 16.1 Å². The third-order valence-corrected chi connectivity index (χ3v) is 3.63. The second-order valence-electron chi connectivity index (χ2n) is 4.92. The highest BCUT2D eigenvalue weighted by atomic mass is 35.5. The second-order valence-corrected chi connectivity index (χ2v) is 5.35. The smallest absolute Gasteiger partial charge is 0.249 e. The number of H-pyrrole nitrogens is 1. The third-order valence-electron chi connectivity index (χ3n) is 3.40. The monoisotopic (exact) mass is 293 g/mol. The van der Waals surface area contributed by atoms with E-state index in [2.05, 4.69) is 15.3 Å². The first-order valence-corrected chi connectivity index (χ1v) is 7.13. The van der Waals surface area contributed by atoms with E-state index in [9.17, 15) is 4.79 Å². The van der Waals surface area contributed by atoms with E-state index in [-0.39, 0.29) is 12.0 Å². The molecule has 6 heteroatoms. The molecule has 1 aromatic heterocycles. The van der Waals surface area contributed by atoms with Gasteiger partial charge in [-0.05, 0) is 37.5 Å². The van der Waals surface area contributed by atoms with E-state index in [1.54, 1.807) is 6.07 Å². The zero-order valence-corrected chi connectivity index (χ0v) is 11.7. The summed E-state index contributed by atoms with van der Waals surface area (Å²) in [5.74, 6) is 0.648. The summed E-state index contributed by atoms with van der Waals surface area (Å²) in [7, 11) is 0. The summed E-state index contributed by atoms with van der Waals surface area (Å²) in [5.41, 5.74) is 1.71. The molecule has 20 heavy (non-hydrogen) atoms. The van der Waals surface area contributed by atoms with Crippen molar-refractivity contribution in [2.45, 2.75) is 31.9 Å². The predicted molar refractivity (Wildman–Crippen MR) is 76.5 cm³/mol. The van der Waals surface area contributed by atoms with Gasteiger partial charge in [0.1, 0.15) is 11.9 Å². The fraction of sp³-hybridized carbons (Fsp3) is 0.429. The first-order chi connectivity index (χ1) is 9.72. The summed E-state index contributed by atoms with van der Waals surface area (Å²) in [5, 5.41) is 3.51. The highest BCUT2D eigenvalue weighted by Crippen LogP contribution is 2.17. The van der Waals surface area contributed by atoms with Gasteiger partial charge in [0, 0.05) is 11.6 Å². The molecule has 1 atom stereocenters. The standard InChI is InChI=1S/C14H16ClN3O2/c15-9-4-5-10-11(7-9)18-13(17-10)8-16-14(19)12-3-1-2-6-20-12/h4-5,7,12H,1-3,6,8H2,(H,16,19)(H,17,18)/t12-/m1/s1. The molecule has 1 amide bonds. The van der Waals surface area contributed by atoms with Crippen molar-refractivity contribution < 1.29 is 9.53 Å². The number of nitrogens with one attached hydrogen (secondary N) is 2. The van der Waals surface area contributed by atoms with E-state index in [4.69, 9.17) is 16.3 Å². The summed E-state index contributed by atoms with van der Waals surface area (Å²) < 4.78 is 5.44. The van der Waals surface area contributed by atoms with Crippen molar-refractivity contribution >= 4 is 28.5 Å². The first kappa shape index (κ1) is 13.4. The maximum atomic E-state index is 11.9. The molecule has 1 saturated heterocycles. The highest BCUT2D eigenvalue weighted by molar-refractivity contribution is 6.31. The fourth-order valence-corrected chi connectivity index (χ4v) is 2.52. The molecule has 0 saturated carbocycles. The number of ether oxygens (including phenoxy) is 1. The molecule has 0 unspecified atom stereocenters. The van der Waals surface area contributed by atoms with Crippen molar-refractivity contribution in [2.75, 3.05) is 6.61 Å². The number of fused-ring (bicyclic) bond motifs is 1. The number of aromatic nitrogens is 2. The van der Waals surface area contributed by atoms with Crippen LogP contribution in [0, 0.1) is 0 Å². The highest BCUT2D eigenvalue weighted by Gasteiger charge is 2.21. The van der Waals surface area contributed by atoms with Gasteiger partial charge in [-0.2, -0.15) is 0 Å². The van der Waals surface area contributed by atoms with E-state index in [1.165, 1.54) is 0 Å². The lowest BCUT2D eigenvalue weighted by atomic mass is 10.1. The Hall–Kier alpha value is -1.59. The molecule has 0 aliphatic carbocycles. The fourth-order valence-electron chi connectivity index (χ4n) is 2.35. The number of amides is 1. The Morgan fingerprint density at radius 3 is 3.20 bits per heavy atom. The summed E-state index contributed by atoms with van der Waals surface area (Å²) >= 11 is 5.92. The Morgan fingerprint density at radius 1 is 1.50 bits per heavy atom. The van der Waals surface area contributed by atoms with E-state index < -0.39 is 0 Å². The van der Waals surface area contributed by atoms with E-state index in [0.29, 0.717) is 24.0 Å². The van der Waals surface area contributed by atoms with Gasteiger partial charge in [-0.25, -0.2) is 4.98 Å². The average molecular weight is 294 g/mol. The van der Waals surface area contributed by atoms with Crippen molar-refractivity contribution in [3.63, 3.8) is 0 Å². The molecule has 106 valence electrons. The van der Waals surface area contributed by atoms with Gasteiger partial charge in [0.05, 0.1) is 17.6 Å². The maximum Gasteiger partial charge on any atom is 0.249 e. The number of halogens is 1. The number of nitrogens with zero attached hydrogens (tertiary/aromatic N) is 1. The van der Waals surface area contributed by atoms with Gasteiger partial charge in [-0.1, -0.05) is 11.6 Å². The van der Waals surface area contributed by atoms with Crippen LogP contribution in [0.25, 0.3) is 11.0 Å². The summed E-state index contributed by atoms with van der Waals surface area (Å²) in [6.07, 6.45) is 2.55. The van der Waals surface area contributed by atoms with E-state index in [0.717, 1.165) is 30.3 Å². The minimum absolute atomic E-state index is 0.0665. The number of imidazole rings is 1. The molecule has 1 aliphatic rings. The Kier molecular flexibility index (Phi) is 3.89. The minimum Gasteiger partial charge on any atom is -0.368 e. The summed E-state index contributed by atoms with van der Waals surface area (Å²) in [6.45, 7) is 1.03. The van der Waals surface area contributed by atoms with E-state index >= 15 is 0 Å². The number of carbonyl (C=O) groups is 1. The SMILES string of the molecule is O=C(NCc1nc2ccc(Cl)cc2[nH]1)[C@H]1CCCCO1. The average Bonchev–Trinajstić information content (AvgIpc) is 2.87. The van der Waals surface area contributed by atoms with Crippen molar-refractivity contribution in [3.8, 4) is 0 Å².